The van der Waals surface area contributed by atoms with Crippen molar-refractivity contribution in [2.45, 2.75) is 13.3 Å². The smallest absolute Gasteiger partial charge is 0.278 e. The predicted octanol–water partition coefficient (Wildman–Crippen LogP) is 6.11. The number of hydrogen-bond acceptors (Lipinski definition) is 3. The van der Waals surface area contributed by atoms with Crippen LogP contribution >= 0.6 is 27.3 Å². The largest absolute Gasteiger partial charge is 0.283 e. The second-order valence-electron chi connectivity index (χ2n) is 5.22. The fraction of sp³-hybridized carbons (Fsp3) is 0.111. The molecule has 0 aliphatic heterocycles. The number of anilines is 2. The van der Waals surface area contributed by atoms with Crippen LogP contribution in [0.1, 0.15) is 17.1 Å². The van der Waals surface area contributed by atoms with Gasteiger partial charge in [0.15, 0.2) is 0 Å². The van der Waals surface area contributed by atoms with Crippen molar-refractivity contribution in [1.29, 1.82) is 0 Å². The molecule has 0 spiro atoms. The van der Waals surface area contributed by atoms with Crippen LogP contribution in [0.25, 0.3) is 11.1 Å². The van der Waals surface area contributed by atoms with Gasteiger partial charge in [0.2, 0.25) is 6.41 Å². The molecule has 0 fully saturated rings. The Morgan fingerprint density at radius 1 is 1.16 bits per heavy atom. The monoisotopic (exact) mass is 422 g/mol. The Kier molecular flexibility index (Phi) is 5.24. The number of halogens is 3. The van der Waals surface area contributed by atoms with E-state index in [2.05, 4.69) is 20.9 Å². The van der Waals surface area contributed by atoms with Gasteiger partial charge in [0.25, 0.3) is 6.43 Å². The van der Waals surface area contributed by atoms with Gasteiger partial charge in [0.05, 0.1) is 10.7 Å². The molecule has 1 heterocycles. The first-order valence-electron chi connectivity index (χ1n) is 7.36. The molecule has 0 unspecified atom stereocenters. The average molecular weight is 423 g/mol. The molecule has 2 aromatic carbocycles. The van der Waals surface area contributed by atoms with E-state index in [1.54, 1.807) is 19.1 Å². The number of nitrogens with zero attached hydrogens (tertiary/aromatic N) is 2. The summed E-state index contributed by atoms with van der Waals surface area (Å²) in [6.07, 6.45) is -2.20. The number of thiazole rings is 1. The van der Waals surface area contributed by atoms with Gasteiger partial charge in [-0.1, -0.05) is 46.3 Å². The third-order valence-electron chi connectivity index (χ3n) is 3.59. The van der Waals surface area contributed by atoms with Crippen LogP contribution in [0.15, 0.2) is 53.0 Å². The fourth-order valence-electron chi connectivity index (χ4n) is 2.52. The maximum absolute atomic E-state index is 13.3. The van der Waals surface area contributed by atoms with E-state index >= 15 is 0 Å². The molecule has 0 aliphatic rings. The highest BCUT2D eigenvalue weighted by Gasteiger charge is 2.25. The minimum absolute atomic E-state index is 0.145. The lowest BCUT2D eigenvalue weighted by atomic mass is 10.0. The number of aryl methyl sites for hydroxylation is 1. The van der Waals surface area contributed by atoms with Gasteiger partial charge >= 0.3 is 0 Å². The Balaban J connectivity index is 2.15. The number of alkyl halides is 2. The van der Waals surface area contributed by atoms with Crippen molar-refractivity contribution in [2.75, 3.05) is 4.90 Å². The van der Waals surface area contributed by atoms with Crippen molar-refractivity contribution in [1.82, 2.24) is 4.98 Å². The van der Waals surface area contributed by atoms with Gasteiger partial charge in [-0.15, -0.1) is 11.3 Å². The average Bonchev–Trinajstić information content (AvgIpc) is 2.99. The molecule has 0 radical (unpaired) electrons. The maximum atomic E-state index is 13.3. The molecular formula is C18H13BrF2N2OS. The van der Waals surface area contributed by atoms with Crippen LogP contribution in [0.4, 0.5) is 19.5 Å². The Morgan fingerprint density at radius 3 is 2.48 bits per heavy atom. The quantitative estimate of drug-likeness (QED) is 0.464. The van der Waals surface area contributed by atoms with Crippen molar-refractivity contribution in [3.05, 3.63) is 63.7 Å². The summed E-state index contributed by atoms with van der Waals surface area (Å²) >= 11 is 4.46. The molecule has 0 N–H and O–H groups in total. The lowest BCUT2D eigenvalue weighted by molar-refractivity contribution is -0.106. The number of carbonyl (C=O) groups is 1. The molecule has 0 saturated carbocycles. The number of hydrogen-bond donors (Lipinski definition) is 0. The topological polar surface area (TPSA) is 33.2 Å². The van der Waals surface area contributed by atoms with E-state index in [1.165, 1.54) is 4.90 Å². The molecule has 3 nitrogen and oxygen atoms in total. The first-order chi connectivity index (χ1) is 12.0. The van der Waals surface area contributed by atoms with Crippen LogP contribution < -0.4 is 4.90 Å². The number of amides is 1. The Hall–Kier alpha value is -2.12. The van der Waals surface area contributed by atoms with Gasteiger partial charge in [0, 0.05) is 10.0 Å². The predicted molar refractivity (Wildman–Crippen MR) is 99.6 cm³/mol. The highest BCUT2D eigenvalue weighted by molar-refractivity contribution is 9.10. The van der Waals surface area contributed by atoms with Crippen LogP contribution in [0.3, 0.4) is 0 Å². The first-order valence-corrected chi connectivity index (χ1v) is 8.97. The second kappa shape index (κ2) is 7.41. The van der Waals surface area contributed by atoms with Crippen LogP contribution in [0, 0.1) is 6.92 Å². The number of benzene rings is 2. The van der Waals surface area contributed by atoms with Crippen molar-refractivity contribution in [3.8, 4) is 11.1 Å². The summed E-state index contributed by atoms with van der Waals surface area (Å²) in [6.45, 7) is 1.64. The molecule has 0 aliphatic carbocycles. The SMILES string of the molecule is Cc1nc(C(F)F)c(N(C=O)c2ccccc2-c2ccc(Br)cc2)s1. The molecule has 0 bridgehead atoms. The molecule has 0 atom stereocenters. The maximum Gasteiger partial charge on any atom is 0.283 e. The molecule has 7 heteroatoms. The summed E-state index contributed by atoms with van der Waals surface area (Å²) in [6, 6.07) is 14.8. The highest BCUT2D eigenvalue weighted by Crippen LogP contribution is 2.41. The molecular weight excluding hydrogens is 410 g/mol. The van der Waals surface area contributed by atoms with E-state index in [1.807, 2.05) is 36.4 Å². The van der Waals surface area contributed by atoms with Crippen LogP contribution in [0.5, 0.6) is 0 Å². The molecule has 25 heavy (non-hydrogen) atoms. The minimum atomic E-state index is -2.75. The second-order valence-corrected chi connectivity index (χ2v) is 7.32. The van der Waals surface area contributed by atoms with E-state index < -0.39 is 6.43 Å². The number of carbonyl (C=O) groups excluding carboxylic acids is 1. The molecule has 0 saturated heterocycles. The summed E-state index contributed by atoms with van der Waals surface area (Å²) in [5.74, 6) is 0. The van der Waals surface area contributed by atoms with Crippen molar-refractivity contribution in [2.24, 2.45) is 0 Å². The summed E-state index contributed by atoms with van der Waals surface area (Å²) in [5.41, 5.74) is 1.81. The van der Waals surface area contributed by atoms with Crippen LogP contribution in [-0.2, 0) is 4.79 Å². The molecule has 3 aromatic rings. The van der Waals surface area contributed by atoms with E-state index in [4.69, 9.17) is 0 Å². The third kappa shape index (κ3) is 3.62. The number of para-hydroxylation sites is 1. The Bertz CT molecular complexity index is 896. The summed E-state index contributed by atoms with van der Waals surface area (Å²) in [7, 11) is 0. The van der Waals surface area contributed by atoms with Crippen LogP contribution in [-0.4, -0.2) is 11.4 Å². The molecule has 1 aromatic heterocycles. The van der Waals surface area contributed by atoms with Gasteiger partial charge in [-0.05, 0) is 30.7 Å². The van der Waals surface area contributed by atoms with E-state index in [-0.39, 0.29) is 10.7 Å². The van der Waals surface area contributed by atoms with Crippen molar-refractivity contribution < 1.29 is 13.6 Å². The zero-order chi connectivity index (χ0) is 18.0. The van der Waals surface area contributed by atoms with Crippen molar-refractivity contribution >= 4 is 44.4 Å². The lowest BCUT2D eigenvalue weighted by Crippen LogP contribution is -2.15. The Labute approximate surface area is 156 Å². The molecule has 1 amide bonds. The zero-order valence-electron chi connectivity index (χ0n) is 13.1. The van der Waals surface area contributed by atoms with E-state index in [0.29, 0.717) is 17.1 Å². The highest BCUT2D eigenvalue weighted by atomic mass is 79.9. The first kappa shape index (κ1) is 17.7. The molecule has 128 valence electrons. The summed E-state index contributed by atoms with van der Waals surface area (Å²) in [4.78, 5) is 16.9. The fourth-order valence-corrected chi connectivity index (χ4v) is 3.69. The standard InChI is InChI=1S/C18H13BrF2N2OS/c1-11-22-16(17(20)21)18(25-11)23(10-24)15-5-3-2-4-14(15)12-6-8-13(19)9-7-12/h2-10,17H,1H3. The number of aromatic nitrogens is 1. The van der Waals surface area contributed by atoms with Crippen molar-refractivity contribution in [3.63, 3.8) is 0 Å². The normalized spacial score (nSPS) is 10.9. The van der Waals surface area contributed by atoms with Crippen LogP contribution in [0.2, 0.25) is 0 Å². The summed E-state index contributed by atoms with van der Waals surface area (Å²) < 4.78 is 27.6. The van der Waals surface area contributed by atoms with Gasteiger partial charge < -0.3 is 0 Å². The lowest BCUT2D eigenvalue weighted by Gasteiger charge is -2.20. The summed E-state index contributed by atoms with van der Waals surface area (Å²) in [5, 5.41) is 0.630. The van der Waals surface area contributed by atoms with Gasteiger partial charge in [-0.25, -0.2) is 13.8 Å². The minimum Gasteiger partial charge on any atom is -0.278 e. The van der Waals surface area contributed by atoms with Gasteiger partial charge in [-0.3, -0.25) is 9.69 Å². The van der Waals surface area contributed by atoms with E-state index in [0.717, 1.165) is 26.9 Å². The Morgan fingerprint density at radius 2 is 1.84 bits per heavy atom. The number of rotatable bonds is 5. The third-order valence-corrected chi connectivity index (χ3v) is 5.11. The zero-order valence-corrected chi connectivity index (χ0v) is 15.5. The van der Waals surface area contributed by atoms with Gasteiger partial charge in [0.1, 0.15) is 10.7 Å². The van der Waals surface area contributed by atoms with Gasteiger partial charge in [-0.2, -0.15) is 0 Å². The molecule has 3 rings (SSSR count). The van der Waals surface area contributed by atoms with E-state index in [9.17, 15) is 13.6 Å².